The number of halogens is 3. The van der Waals surface area contributed by atoms with Crippen molar-refractivity contribution >= 4 is 27.7 Å². The third-order valence-electron chi connectivity index (χ3n) is 4.85. The summed E-state index contributed by atoms with van der Waals surface area (Å²) < 4.78 is 69.4. The van der Waals surface area contributed by atoms with Crippen LogP contribution in [-0.2, 0) is 24.3 Å². The fourth-order valence-corrected chi connectivity index (χ4v) is 4.40. The van der Waals surface area contributed by atoms with E-state index in [0.717, 1.165) is 12.8 Å². The Morgan fingerprint density at radius 1 is 1.30 bits per heavy atom. The van der Waals surface area contributed by atoms with Gasteiger partial charge in [0.15, 0.2) is 6.61 Å². The van der Waals surface area contributed by atoms with Crippen LogP contribution in [0.5, 0.6) is 0 Å². The first-order valence-electron chi connectivity index (χ1n) is 9.16. The first-order valence-corrected chi connectivity index (χ1v) is 10.6. The summed E-state index contributed by atoms with van der Waals surface area (Å²) in [7, 11) is -3.77. The summed E-state index contributed by atoms with van der Waals surface area (Å²) in [6.45, 7) is -1.32. The van der Waals surface area contributed by atoms with Crippen LogP contribution in [0.15, 0.2) is 34.2 Å². The molecule has 1 aromatic carbocycles. The number of hydrogen-bond acceptors (Lipinski definition) is 6. The van der Waals surface area contributed by atoms with Crippen LogP contribution in [0.25, 0.3) is 0 Å². The number of aliphatic imine (C=N–C) groups is 1. The number of esters is 1. The molecule has 1 fully saturated rings. The second kappa shape index (κ2) is 8.25. The quantitative estimate of drug-likeness (QED) is 0.637. The number of hydrogen-bond donors (Lipinski definition) is 1. The minimum Gasteiger partial charge on any atom is -0.454 e. The average molecular weight is 447 g/mol. The molecule has 1 amide bonds. The van der Waals surface area contributed by atoms with Gasteiger partial charge < -0.3 is 9.64 Å². The number of benzene rings is 1. The van der Waals surface area contributed by atoms with Gasteiger partial charge in [0.05, 0.1) is 4.90 Å². The minimum atomic E-state index is -4.57. The number of ether oxygens (including phenoxy) is 1. The highest BCUT2D eigenvalue weighted by Crippen LogP contribution is 2.36. The SMILES string of the molecule is CC(C1CC1)N(CC(F)(F)F)C(=O)COC(=O)CN=C1NS(=O)(=O)c2ccccc21. The standard InChI is InChI=1S/C18H20F3N3O5S/c1-11(12-6-7-12)24(10-18(19,20)21)15(25)9-29-16(26)8-22-17-13-4-2-3-5-14(13)30(27,28)23-17/h2-5,11-12H,6-10H2,1H3,(H,22,23). The van der Waals surface area contributed by atoms with Crippen molar-refractivity contribution in [3.63, 3.8) is 0 Å². The summed E-state index contributed by atoms with van der Waals surface area (Å²) in [5.41, 5.74) is 0.288. The summed E-state index contributed by atoms with van der Waals surface area (Å²) in [6.07, 6.45) is -3.07. The number of carbonyl (C=O) groups is 2. The number of amidine groups is 1. The molecule has 1 unspecified atom stereocenters. The number of amides is 1. The molecule has 8 nitrogen and oxygen atoms in total. The topological polar surface area (TPSA) is 105 Å². The van der Waals surface area contributed by atoms with E-state index in [0.29, 0.717) is 4.90 Å². The zero-order valence-corrected chi connectivity index (χ0v) is 16.8. The van der Waals surface area contributed by atoms with Crippen molar-refractivity contribution in [2.75, 3.05) is 19.7 Å². The second-order valence-corrected chi connectivity index (χ2v) is 8.79. The van der Waals surface area contributed by atoms with E-state index in [1.54, 1.807) is 13.0 Å². The molecule has 0 spiro atoms. The van der Waals surface area contributed by atoms with E-state index in [-0.39, 0.29) is 22.2 Å². The lowest BCUT2D eigenvalue weighted by Crippen LogP contribution is -2.47. The molecular formula is C18H20F3N3O5S. The van der Waals surface area contributed by atoms with Gasteiger partial charge in [-0.25, -0.2) is 8.42 Å². The number of rotatable bonds is 7. The van der Waals surface area contributed by atoms with Gasteiger partial charge in [-0.2, -0.15) is 13.2 Å². The summed E-state index contributed by atoms with van der Waals surface area (Å²) in [5.74, 6) is -1.95. The second-order valence-electron chi connectivity index (χ2n) is 7.14. The Kier molecular flexibility index (Phi) is 6.06. The minimum absolute atomic E-state index is 0.00820. The highest BCUT2D eigenvalue weighted by Gasteiger charge is 2.40. The zero-order valence-electron chi connectivity index (χ0n) is 16.0. The van der Waals surface area contributed by atoms with E-state index < -0.39 is 53.8 Å². The number of nitrogens with one attached hydrogen (secondary N) is 1. The maximum atomic E-state index is 12.8. The monoisotopic (exact) mass is 447 g/mol. The Morgan fingerprint density at radius 3 is 2.60 bits per heavy atom. The highest BCUT2D eigenvalue weighted by molar-refractivity contribution is 7.90. The zero-order chi connectivity index (χ0) is 22.1. The lowest BCUT2D eigenvalue weighted by atomic mass is 10.2. The van der Waals surface area contributed by atoms with Crippen molar-refractivity contribution in [1.82, 2.24) is 9.62 Å². The number of fused-ring (bicyclic) bond motifs is 1. The lowest BCUT2D eigenvalue weighted by Gasteiger charge is -2.30. The molecular weight excluding hydrogens is 427 g/mol. The van der Waals surface area contributed by atoms with Gasteiger partial charge in [-0.15, -0.1) is 0 Å². The summed E-state index contributed by atoms with van der Waals surface area (Å²) in [5, 5.41) is 0. The van der Waals surface area contributed by atoms with E-state index >= 15 is 0 Å². The van der Waals surface area contributed by atoms with Crippen LogP contribution >= 0.6 is 0 Å². The summed E-state index contributed by atoms with van der Waals surface area (Å²) >= 11 is 0. The van der Waals surface area contributed by atoms with Gasteiger partial charge in [0, 0.05) is 11.6 Å². The normalized spacial score (nSPS) is 19.7. The number of alkyl halides is 3. The van der Waals surface area contributed by atoms with E-state index in [1.807, 2.05) is 0 Å². The van der Waals surface area contributed by atoms with Crippen LogP contribution in [-0.4, -0.2) is 62.9 Å². The molecule has 2 aliphatic rings. The van der Waals surface area contributed by atoms with E-state index in [1.165, 1.54) is 18.2 Å². The van der Waals surface area contributed by atoms with Crippen LogP contribution in [0.1, 0.15) is 25.3 Å². The molecule has 164 valence electrons. The molecule has 0 saturated heterocycles. The largest absolute Gasteiger partial charge is 0.454 e. The van der Waals surface area contributed by atoms with E-state index in [2.05, 4.69) is 9.71 Å². The van der Waals surface area contributed by atoms with Crippen LogP contribution in [0.4, 0.5) is 13.2 Å². The number of sulfonamides is 1. The molecule has 1 heterocycles. The van der Waals surface area contributed by atoms with Crippen LogP contribution < -0.4 is 4.72 Å². The third-order valence-corrected chi connectivity index (χ3v) is 6.25. The number of carbonyl (C=O) groups excluding carboxylic acids is 2. The molecule has 12 heteroatoms. The molecule has 1 aliphatic heterocycles. The lowest BCUT2D eigenvalue weighted by molar-refractivity contribution is -0.170. The van der Waals surface area contributed by atoms with Gasteiger partial charge in [-0.1, -0.05) is 12.1 Å². The van der Waals surface area contributed by atoms with Crippen LogP contribution in [0, 0.1) is 5.92 Å². The molecule has 0 bridgehead atoms. The molecule has 1 aromatic rings. The molecule has 3 rings (SSSR count). The summed E-state index contributed by atoms with van der Waals surface area (Å²) in [4.78, 5) is 28.7. The van der Waals surface area contributed by atoms with Gasteiger partial charge in [0.25, 0.3) is 15.9 Å². The van der Waals surface area contributed by atoms with Crippen LogP contribution in [0.3, 0.4) is 0 Å². The molecule has 1 saturated carbocycles. The van der Waals surface area contributed by atoms with Crippen molar-refractivity contribution in [3.8, 4) is 0 Å². The molecule has 1 aliphatic carbocycles. The average Bonchev–Trinajstić information content (AvgIpc) is 3.48. The molecule has 0 radical (unpaired) electrons. The Labute approximate surface area is 171 Å². The van der Waals surface area contributed by atoms with Gasteiger partial charge >= 0.3 is 12.1 Å². The van der Waals surface area contributed by atoms with E-state index in [9.17, 15) is 31.2 Å². The van der Waals surface area contributed by atoms with Gasteiger partial charge in [-0.05, 0) is 37.8 Å². The first-order chi connectivity index (χ1) is 14.0. The summed E-state index contributed by atoms with van der Waals surface area (Å²) in [6, 6.07) is 5.42. The van der Waals surface area contributed by atoms with Gasteiger partial charge in [0.2, 0.25) is 0 Å². The maximum absolute atomic E-state index is 12.8. The Hall–Kier alpha value is -2.63. The first kappa shape index (κ1) is 22.1. The molecule has 30 heavy (non-hydrogen) atoms. The van der Waals surface area contributed by atoms with Crippen LogP contribution in [0.2, 0.25) is 0 Å². The predicted molar refractivity (Wildman–Crippen MR) is 99.1 cm³/mol. The smallest absolute Gasteiger partial charge is 0.406 e. The van der Waals surface area contributed by atoms with Crippen molar-refractivity contribution < 1.29 is 35.9 Å². The van der Waals surface area contributed by atoms with Crippen molar-refractivity contribution in [3.05, 3.63) is 29.8 Å². The van der Waals surface area contributed by atoms with Crippen molar-refractivity contribution in [2.45, 2.75) is 36.9 Å². The fraction of sp³-hybridized carbons (Fsp3) is 0.500. The van der Waals surface area contributed by atoms with E-state index in [4.69, 9.17) is 4.74 Å². The maximum Gasteiger partial charge on any atom is 0.406 e. The van der Waals surface area contributed by atoms with Crippen molar-refractivity contribution in [1.29, 1.82) is 0 Å². The molecule has 1 atom stereocenters. The van der Waals surface area contributed by atoms with Gasteiger partial charge in [0.1, 0.15) is 18.9 Å². The number of nitrogens with zero attached hydrogens (tertiary/aromatic N) is 2. The van der Waals surface area contributed by atoms with Crippen molar-refractivity contribution in [2.24, 2.45) is 10.9 Å². The highest BCUT2D eigenvalue weighted by atomic mass is 32.2. The predicted octanol–water partition coefficient (Wildman–Crippen LogP) is 1.46. The third kappa shape index (κ3) is 5.29. The fourth-order valence-electron chi connectivity index (χ4n) is 3.15. The Balaban J connectivity index is 1.58. The van der Waals surface area contributed by atoms with Gasteiger partial charge in [-0.3, -0.25) is 19.3 Å². The Bertz CT molecular complexity index is 974. The molecule has 1 N–H and O–H groups in total. The Morgan fingerprint density at radius 2 is 1.97 bits per heavy atom. The molecule has 0 aromatic heterocycles.